The molecule has 0 aliphatic heterocycles. The number of halogens is 5. The van der Waals surface area contributed by atoms with Gasteiger partial charge in [-0.3, -0.25) is 0 Å². The van der Waals surface area contributed by atoms with Gasteiger partial charge in [0.15, 0.2) is 17.5 Å². The summed E-state index contributed by atoms with van der Waals surface area (Å²) in [6.45, 7) is 3.88. The number of rotatable bonds is 5. The fourth-order valence-corrected chi connectivity index (χ4v) is 3.37. The first kappa shape index (κ1) is 22.6. The van der Waals surface area contributed by atoms with Crippen LogP contribution >= 0.6 is 0 Å². The molecule has 0 aliphatic carbocycles. The lowest BCUT2D eigenvalue weighted by atomic mass is 10.00. The lowest BCUT2D eigenvalue weighted by Gasteiger charge is -2.07. The van der Waals surface area contributed by atoms with E-state index < -0.39 is 29.1 Å². The van der Waals surface area contributed by atoms with Gasteiger partial charge in [-0.25, -0.2) is 22.0 Å². The highest BCUT2D eigenvalue weighted by Crippen LogP contribution is 2.27. The zero-order valence-corrected chi connectivity index (χ0v) is 17.3. The minimum atomic E-state index is -1.61. The highest BCUT2D eigenvalue weighted by Gasteiger charge is 2.14. The third-order valence-electron chi connectivity index (χ3n) is 5.01. The van der Waals surface area contributed by atoms with Gasteiger partial charge in [0.1, 0.15) is 11.6 Å². The molecular formula is C26H21F5. The van der Waals surface area contributed by atoms with Crippen LogP contribution in [-0.2, 0) is 6.42 Å². The smallest absolute Gasteiger partial charge is 0.194 e. The summed E-state index contributed by atoms with van der Waals surface area (Å²) in [7, 11) is 0. The molecule has 31 heavy (non-hydrogen) atoms. The normalized spacial score (nSPS) is 10.7. The third kappa shape index (κ3) is 5.32. The largest absolute Gasteiger partial charge is 0.206 e. The molecule has 0 N–H and O–H groups in total. The summed E-state index contributed by atoms with van der Waals surface area (Å²) < 4.78 is 69.0. The van der Waals surface area contributed by atoms with E-state index >= 15 is 0 Å². The summed E-state index contributed by atoms with van der Waals surface area (Å²) in [4.78, 5) is 0. The first-order valence-corrected chi connectivity index (χ1v) is 10.1. The lowest BCUT2D eigenvalue weighted by molar-refractivity contribution is 0.447. The highest BCUT2D eigenvalue weighted by atomic mass is 19.2. The van der Waals surface area contributed by atoms with Crippen molar-refractivity contribution < 1.29 is 22.0 Å². The van der Waals surface area contributed by atoms with Crippen molar-refractivity contribution in [2.24, 2.45) is 0 Å². The van der Waals surface area contributed by atoms with Gasteiger partial charge < -0.3 is 0 Å². The predicted molar refractivity (Wildman–Crippen MR) is 112 cm³/mol. The summed E-state index contributed by atoms with van der Waals surface area (Å²) >= 11 is 0. The second-order valence-corrected chi connectivity index (χ2v) is 7.43. The maximum atomic E-state index is 14.5. The quantitative estimate of drug-likeness (QED) is 0.171. The number of aryl methyl sites for hydroxylation is 2. The molecular weight excluding hydrogens is 407 g/mol. The van der Waals surface area contributed by atoms with Gasteiger partial charge in [0, 0.05) is 11.1 Å². The summed E-state index contributed by atoms with van der Waals surface area (Å²) in [5, 5.41) is 0. The lowest BCUT2D eigenvalue weighted by Crippen LogP contribution is -1.95. The van der Waals surface area contributed by atoms with E-state index in [1.807, 2.05) is 6.07 Å². The molecule has 0 bridgehead atoms. The van der Waals surface area contributed by atoms with Crippen molar-refractivity contribution in [3.8, 4) is 23.0 Å². The van der Waals surface area contributed by atoms with Crippen LogP contribution in [0.5, 0.6) is 0 Å². The van der Waals surface area contributed by atoms with Crippen LogP contribution < -0.4 is 0 Å². The van der Waals surface area contributed by atoms with Gasteiger partial charge in [-0.2, -0.15) is 0 Å². The van der Waals surface area contributed by atoms with Gasteiger partial charge in [0.25, 0.3) is 0 Å². The van der Waals surface area contributed by atoms with Crippen molar-refractivity contribution in [3.63, 3.8) is 0 Å². The fourth-order valence-electron chi connectivity index (χ4n) is 3.37. The Hall–Kier alpha value is -3.13. The van der Waals surface area contributed by atoms with Gasteiger partial charge in [-0.05, 0) is 66.8 Å². The molecule has 0 aliphatic rings. The Morgan fingerprint density at radius 1 is 0.742 bits per heavy atom. The number of hydrogen-bond donors (Lipinski definition) is 0. The Morgan fingerprint density at radius 2 is 1.45 bits per heavy atom. The van der Waals surface area contributed by atoms with E-state index in [-0.39, 0.29) is 22.3 Å². The average molecular weight is 428 g/mol. The summed E-state index contributed by atoms with van der Waals surface area (Å²) in [6, 6.07) is 8.68. The molecule has 0 radical (unpaired) electrons. The van der Waals surface area contributed by atoms with Crippen LogP contribution in [0, 0.1) is 47.9 Å². The Morgan fingerprint density at radius 3 is 2.06 bits per heavy atom. The first-order chi connectivity index (χ1) is 14.8. The second kappa shape index (κ2) is 9.78. The van der Waals surface area contributed by atoms with E-state index in [4.69, 9.17) is 0 Å². The van der Waals surface area contributed by atoms with E-state index in [1.54, 1.807) is 6.92 Å². The van der Waals surface area contributed by atoms with Crippen LogP contribution in [0.3, 0.4) is 0 Å². The van der Waals surface area contributed by atoms with Crippen molar-refractivity contribution in [2.45, 2.75) is 39.5 Å². The van der Waals surface area contributed by atoms with Crippen molar-refractivity contribution in [3.05, 3.63) is 93.8 Å². The monoisotopic (exact) mass is 428 g/mol. The van der Waals surface area contributed by atoms with Crippen LogP contribution in [0.2, 0.25) is 0 Å². The maximum Gasteiger partial charge on any atom is 0.194 e. The molecule has 0 saturated carbocycles. The first-order valence-electron chi connectivity index (χ1n) is 10.1. The van der Waals surface area contributed by atoms with E-state index in [0.29, 0.717) is 5.56 Å². The Labute approximate surface area is 178 Å². The van der Waals surface area contributed by atoms with Crippen LogP contribution in [0.4, 0.5) is 22.0 Å². The molecule has 3 aromatic rings. The molecule has 0 fully saturated rings. The molecule has 0 amide bonds. The second-order valence-electron chi connectivity index (χ2n) is 7.43. The molecule has 0 aromatic heterocycles. The summed E-state index contributed by atoms with van der Waals surface area (Å²) in [5.74, 6) is -0.141. The zero-order chi connectivity index (χ0) is 22.5. The Balaban J connectivity index is 1.86. The number of unbranched alkanes of at least 4 members (excludes halogenated alkanes) is 2. The highest BCUT2D eigenvalue weighted by molar-refractivity contribution is 5.65. The molecule has 0 heterocycles. The molecule has 0 unspecified atom stereocenters. The minimum Gasteiger partial charge on any atom is -0.206 e. The van der Waals surface area contributed by atoms with E-state index in [1.165, 1.54) is 18.2 Å². The summed E-state index contributed by atoms with van der Waals surface area (Å²) in [6.07, 6.45) is 3.97. The Kier molecular flexibility index (Phi) is 7.12. The van der Waals surface area contributed by atoms with Crippen molar-refractivity contribution in [1.29, 1.82) is 0 Å². The van der Waals surface area contributed by atoms with Crippen molar-refractivity contribution in [1.82, 2.24) is 0 Å². The topological polar surface area (TPSA) is 0 Å². The zero-order valence-electron chi connectivity index (χ0n) is 17.3. The minimum absolute atomic E-state index is 0.0952. The number of hydrogen-bond acceptors (Lipinski definition) is 0. The van der Waals surface area contributed by atoms with Crippen LogP contribution in [0.1, 0.15) is 48.4 Å². The summed E-state index contributed by atoms with van der Waals surface area (Å²) in [5.41, 5.74) is 1.91. The van der Waals surface area contributed by atoms with Gasteiger partial charge in [-0.15, -0.1) is 0 Å². The maximum absolute atomic E-state index is 14.5. The van der Waals surface area contributed by atoms with E-state index in [2.05, 4.69) is 18.8 Å². The molecule has 0 saturated heterocycles. The SMILES string of the molecule is CCCCCc1cc(C)c(C#Cc2ccc(-c3cc(F)c(F)c(F)c3)c(F)c2)c(F)c1. The molecule has 0 nitrogen and oxygen atoms in total. The third-order valence-corrected chi connectivity index (χ3v) is 5.01. The van der Waals surface area contributed by atoms with Gasteiger partial charge in [-0.1, -0.05) is 43.7 Å². The van der Waals surface area contributed by atoms with Crippen molar-refractivity contribution in [2.75, 3.05) is 0 Å². The van der Waals surface area contributed by atoms with Crippen LogP contribution in [0.25, 0.3) is 11.1 Å². The average Bonchev–Trinajstić information content (AvgIpc) is 2.71. The standard InChI is InChI=1S/C26H21F5/c1-3-4-5-6-18-11-16(2)20(22(27)13-18)9-7-17-8-10-21(23(28)12-17)19-14-24(29)26(31)25(30)15-19/h8,10-15H,3-6H2,1-2H3. The Bertz CT molecular complexity index is 1120. The van der Waals surface area contributed by atoms with E-state index in [0.717, 1.165) is 49.4 Å². The predicted octanol–water partition coefficient (Wildman–Crippen LogP) is 7.49. The molecule has 3 rings (SSSR count). The van der Waals surface area contributed by atoms with Gasteiger partial charge >= 0.3 is 0 Å². The molecule has 3 aromatic carbocycles. The molecule has 0 spiro atoms. The van der Waals surface area contributed by atoms with Crippen molar-refractivity contribution >= 4 is 0 Å². The molecule has 160 valence electrons. The van der Waals surface area contributed by atoms with Crippen LogP contribution in [-0.4, -0.2) is 0 Å². The number of benzene rings is 3. The molecule has 5 heteroatoms. The van der Waals surface area contributed by atoms with Gasteiger partial charge in [0.2, 0.25) is 0 Å². The molecule has 0 atom stereocenters. The fraction of sp³-hybridized carbons (Fsp3) is 0.231. The van der Waals surface area contributed by atoms with E-state index in [9.17, 15) is 22.0 Å². The van der Waals surface area contributed by atoms with Gasteiger partial charge in [0.05, 0.1) is 5.56 Å². The van der Waals surface area contributed by atoms with Crippen LogP contribution in [0.15, 0.2) is 42.5 Å².